The zero-order chi connectivity index (χ0) is 13.7. The monoisotopic (exact) mass is 269 g/mol. The first-order chi connectivity index (χ1) is 9.24. The van der Waals surface area contributed by atoms with Gasteiger partial charge in [0.05, 0.1) is 18.2 Å². The Labute approximate surface area is 115 Å². The Morgan fingerprint density at radius 1 is 1.32 bits per heavy atom. The number of hydrogen-bond acceptors (Lipinski definition) is 4. The molecule has 1 aromatic heterocycles. The number of allylic oxidation sites excluding steroid dienone is 1. The second-order valence-corrected chi connectivity index (χ2v) is 4.71. The SMILES string of the molecule is COC(=O)c1ccc(/C=C(\C#N)c2cccs2)cc1. The molecule has 0 aliphatic heterocycles. The average molecular weight is 269 g/mol. The summed E-state index contributed by atoms with van der Waals surface area (Å²) >= 11 is 1.52. The number of thiophene rings is 1. The average Bonchev–Trinajstić information content (AvgIpc) is 2.98. The third-order valence-corrected chi connectivity index (χ3v) is 3.45. The predicted molar refractivity (Wildman–Crippen MR) is 75.6 cm³/mol. The first-order valence-corrected chi connectivity index (χ1v) is 6.46. The number of nitrogens with zero attached hydrogens (tertiary/aromatic N) is 1. The van der Waals surface area contributed by atoms with Crippen molar-refractivity contribution < 1.29 is 9.53 Å². The third-order valence-electron chi connectivity index (χ3n) is 2.55. The van der Waals surface area contributed by atoms with Gasteiger partial charge in [-0.05, 0) is 35.2 Å². The van der Waals surface area contributed by atoms with E-state index in [1.165, 1.54) is 18.4 Å². The number of carbonyl (C=O) groups is 1. The maximum Gasteiger partial charge on any atom is 0.337 e. The van der Waals surface area contributed by atoms with E-state index >= 15 is 0 Å². The predicted octanol–water partition coefficient (Wildman–Crippen LogP) is 3.60. The zero-order valence-corrected chi connectivity index (χ0v) is 11.1. The highest BCUT2D eigenvalue weighted by Gasteiger charge is 2.05. The molecular formula is C15H11NO2S. The summed E-state index contributed by atoms with van der Waals surface area (Å²) in [6.07, 6.45) is 1.80. The number of carbonyl (C=O) groups excluding carboxylic acids is 1. The molecule has 19 heavy (non-hydrogen) atoms. The normalized spacial score (nSPS) is 10.8. The number of benzene rings is 1. The van der Waals surface area contributed by atoms with E-state index in [0.717, 1.165) is 10.4 Å². The van der Waals surface area contributed by atoms with Crippen molar-refractivity contribution in [3.63, 3.8) is 0 Å². The molecule has 0 spiro atoms. The fourth-order valence-corrected chi connectivity index (χ4v) is 2.28. The Balaban J connectivity index is 2.28. The van der Waals surface area contributed by atoms with Crippen LogP contribution in [0, 0.1) is 11.3 Å². The third kappa shape index (κ3) is 3.09. The van der Waals surface area contributed by atoms with Crippen LogP contribution < -0.4 is 0 Å². The van der Waals surface area contributed by atoms with Gasteiger partial charge in [-0.1, -0.05) is 18.2 Å². The lowest BCUT2D eigenvalue weighted by Gasteiger charge is -2.00. The minimum atomic E-state index is -0.366. The van der Waals surface area contributed by atoms with E-state index in [1.807, 2.05) is 17.5 Å². The summed E-state index contributed by atoms with van der Waals surface area (Å²) in [5.74, 6) is -0.366. The molecule has 0 N–H and O–H groups in total. The number of rotatable bonds is 3. The molecule has 0 unspecified atom stereocenters. The Morgan fingerprint density at radius 3 is 2.58 bits per heavy atom. The summed E-state index contributed by atoms with van der Waals surface area (Å²) in [6.45, 7) is 0. The van der Waals surface area contributed by atoms with Crippen molar-refractivity contribution in [2.24, 2.45) is 0 Å². The first kappa shape index (κ1) is 13.1. The van der Waals surface area contributed by atoms with E-state index in [2.05, 4.69) is 10.8 Å². The van der Waals surface area contributed by atoms with E-state index in [-0.39, 0.29) is 5.97 Å². The van der Waals surface area contributed by atoms with Gasteiger partial charge in [-0.15, -0.1) is 11.3 Å². The van der Waals surface area contributed by atoms with Crippen molar-refractivity contribution in [2.45, 2.75) is 0 Å². The molecule has 4 heteroatoms. The second kappa shape index (κ2) is 5.98. The summed E-state index contributed by atoms with van der Waals surface area (Å²) in [5.41, 5.74) is 1.98. The smallest absolute Gasteiger partial charge is 0.337 e. The number of ether oxygens (including phenoxy) is 1. The van der Waals surface area contributed by atoms with Gasteiger partial charge in [0, 0.05) is 4.88 Å². The van der Waals surface area contributed by atoms with Crippen LogP contribution in [0.4, 0.5) is 0 Å². The Bertz CT molecular complexity index is 634. The number of nitriles is 1. The Hall–Kier alpha value is -2.38. The van der Waals surface area contributed by atoms with Gasteiger partial charge in [0.1, 0.15) is 6.07 Å². The van der Waals surface area contributed by atoms with E-state index in [9.17, 15) is 4.79 Å². The van der Waals surface area contributed by atoms with Crippen molar-refractivity contribution in [2.75, 3.05) is 7.11 Å². The van der Waals surface area contributed by atoms with Gasteiger partial charge in [-0.25, -0.2) is 4.79 Å². The minimum Gasteiger partial charge on any atom is -0.465 e. The van der Waals surface area contributed by atoms with E-state index in [1.54, 1.807) is 30.3 Å². The molecule has 0 atom stereocenters. The summed E-state index contributed by atoms with van der Waals surface area (Å²) in [4.78, 5) is 12.2. The molecule has 2 aromatic rings. The van der Waals surface area contributed by atoms with Gasteiger partial charge in [0.15, 0.2) is 0 Å². The van der Waals surface area contributed by atoms with Gasteiger partial charge in [-0.3, -0.25) is 0 Å². The molecule has 2 rings (SSSR count). The molecule has 1 aromatic carbocycles. The molecule has 0 bridgehead atoms. The van der Waals surface area contributed by atoms with Crippen molar-refractivity contribution in [1.82, 2.24) is 0 Å². The first-order valence-electron chi connectivity index (χ1n) is 5.58. The molecule has 0 saturated heterocycles. The molecular weight excluding hydrogens is 258 g/mol. The summed E-state index contributed by atoms with van der Waals surface area (Å²) in [5, 5.41) is 11.1. The van der Waals surface area contributed by atoms with Crippen LogP contribution in [0.2, 0.25) is 0 Å². The van der Waals surface area contributed by atoms with E-state index < -0.39 is 0 Å². The van der Waals surface area contributed by atoms with Gasteiger partial charge >= 0.3 is 5.97 Å². The van der Waals surface area contributed by atoms with Gasteiger partial charge in [0.25, 0.3) is 0 Å². The lowest BCUT2D eigenvalue weighted by atomic mass is 10.1. The summed E-state index contributed by atoms with van der Waals surface area (Å²) in [6, 6.07) is 12.9. The highest BCUT2D eigenvalue weighted by atomic mass is 32.1. The highest BCUT2D eigenvalue weighted by Crippen LogP contribution is 2.22. The van der Waals surface area contributed by atoms with Gasteiger partial charge in [-0.2, -0.15) is 5.26 Å². The fraction of sp³-hybridized carbons (Fsp3) is 0.0667. The van der Waals surface area contributed by atoms with Crippen LogP contribution in [0.1, 0.15) is 20.8 Å². The zero-order valence-electron chi connectivity index (χ0n) is 10.3. The van der Waals surface area contributed by atoms with Crippen molar-refractivity contribution >= 4 is 29.0 Å². The van der Waals surface area contributed by atoms with Crippen molar-refractivity contribution in [1.29, 1.82) is 5.26 Å². The Kier molecular flexibility index (Phi) is 4.11. The lowest BCUT2D eigenvalue weighted by molar-refractivity contribution is 0.0601. The number of hydrogen-bond donors (Lipinski definition) is 0. The van der Waals surface area contributed by atoms with Crippen LogP contribution in [0.3, 0.4) is 0 Å². The standard InChI is InChI=1S/C15H11NO2S/c1-18-15(17)12-6-4-11(5-7-12)9-13(10-16)14-3-2-8-19-14/h2-9H,1H3/b13-9+. The molecule has 0 saturated carbocycles. The van der Waals surface area contributed by atoms with Crippen LogP contribution in [0.25, 0.3) is 11.6 Å². The molecule has 0 amide bonds. The van der Waals surface area contributed by atoms with Crippen LogP contribution in [-0.2, 0) is 4.74 Å². The summed E-state index contributed by atoms with van der Waals surface area (Å²) in [7, 11) is 1.35. The quantitative estimate of drug-likeness (QED) is 0.632. The van der Waals surface area contributed by atoms with Crippen LogP contribution >= 0.6 is 11.3 Å². The molecule has 3 nitrogen and oxygen atoms in total. The minimum absolute atomic E-state index is 0.366. The maximum absolute atomic E-state index is 11.3. The van der Waals surface area contributed by atoms with E-state index in [4.69, 9.17) is 5.26 Å². The lowest BCUT2D eigenvalue weighted by Crippen LogP contribution is -2.00. The fourth-order valence-electron chi connectivity index (χ4n) is 1.59. The van der Waals surface area contributed by atoms with Crippen molar-refractivity contribution in [3.8, 4) is 6.07 Å². The molecule has 94 valence electrons. The maximum atomic E-state index is 11.3. The van der Waals surface area contributed by atoms with Crippen molar-refractivity contribution in [3.05, 3.63) is 57.8 Å². The number of methoxy groups -OCH3 is 1. The molecule has 0 aliphatic rings. The largest absolute Gasteiger partial charge is 0.465 e. The van der Waals surface area contributed by atoms with Crippen LogP contribution in [0.5, 0.6) is 0 Å². The molecule has 1 heterocycles. The summed E-state index contributed by atoms with van der Waals surface area (Å²) < 4.78 is 4.63. The van der Waals surface area contributed by atoms with E-state index in [0.29, 0.717) is 11.1 Å². The van der Waals surface area contributed by atoms with Crippen LogP contribution in [0.15, 0.2) is 41.8 Å². The number of esters is 1. The van der Waals surface area contributed by atoms with Crippen LogP contribution in [-0.4, -0.2) is 13.1 Å². The second-order valence-electron chi connectivity index (χ2n) is 3.76. The topological polar surface area (TPSA) is 50.1 Å². The molecule has 0 aliphatic carbocycles. The highest BCUT2D eigenvalue weighted by molar-refractivity contribution is 7.11. The molecule has 0 fully saturated rings. The molecule has 0 radical (unpaired) electrons. The Morgan fingerprint density at radius 2 is 2.05 bits per heavy atom. The van der Waals surface area contributed by atoms with Gasteiger partial charge in [0.2, 0.25) is 0 Å². The van der Waals surface area contributed by atoms with Gasteiger partial charge < -0.3 is 4.74 Å².